The van der Waals surface area contributed by atoms with Crippen molar-refractivity contribution in [2.45, 2.75) is 97.2 Å². The lowest BCUT2D eigenvalue weighted by Gasteiger charge is -2.33. The molecule has 0 heterocycles. The SMILES string of the molecule is CC[CH2][Al]([O]c1c([Si](C)(C)C)cc(OC)cc1[Si](C)(C)C)[O]c1c([Si](C)(C)C)cc(OC)cc1[Si](C)(C)C. The number of benzene rings is 2. The summed E-state index contributed by atoms with van der Waals surface area (Å²) in [6.45, 7) is 31.0. The van der Waals surface area contributed by atoms with Crippen molar-refractivity contribution in [3.05, 3.63) is 24.3 Å². The van der Waals surface area contributed by atoms with Crippen LogP contribution in [0.1, 0.15) is 13.3 Å². The van der Waals surface area contributed by atoms with Gasteiger partial charge in [-0.2, -0.15) is 0 Å². The van der Waals surface area contributed by atoms with Crippen molar-refractivity contribution in [1.29, 1.82) is 0 Å². The summed E-state index contributed by atoms with van der Waals surface area (Å²) >= 11 is -2.13. The average molecular weight is 605 g/mol. The maximum Gasteiger partial charge on any atom is 0.856 e. The van der Waals surface area contributed by atoms with Crippen LogP contribution in [0.2, 0.25) is 83.8 Å². The Bertz CT molecular complexity index is 954. The minimum absolute atomic E-state index is 0.944. The lowest BCUT2D eigenvalue weighted by atomic mass is 10.3. The lowest BCUT2D eigenvalue weighted by molar-refractivity contribution is 0.409. The average Bonchev–Trinajstić information content (AvgIpc) is 2.76. The molecule has 0 aliphatic heterocycles. The van der Waals surface area contributed by atoms with Gasteiger partial charge >= 0.3 is 14.8 Å². The highest BCUT2D eigenvalue weighted by Crippen LogP contribution is 2.27. The molecule has 0 N–H and O–H groups in total. The molecule has 0 aromatic heterocycles. The smallest absolute Gasteiger partial charge is 0.612 e. The van der Waals surface area contributed by atoms with E-state index >= 15 is 0 Å². The summed E-state index contributed by atoms with van der Waals surface area (Å²) in [7, 11) is -3.38. The van der Waals surface area contributed by atoms with Gasteiger partial charge in [-0.25, -0.2) is 0 Å². The summed E-state index contributed by atoms with van der Waals surface area (Å²) in [5, 5.41) is 6.34. The first-order chi connectivity index (χ1) is 17.2. The van der Waals surface area contributed by atoms with Crippen LogP contribution in [0, 0.1) is 0 Å². The molecule has 2 aromatic rings. The minimum atomic E-state index is -2.13. The molecule has 0 aliphatic rings. The van der Waals surface area contributed by atoms with Crippen LogP contribution in [-0.4, -0.2) is 61.3 Å². The minimum Gasteiger partial charge on any atom is -0.612 e. The molecule has 0 spiro atoms. The molecule has 0 unspecified atom stereocenters. The van der Waals surface area contributed by atoms with Crippen LogP contribution in [0.5, 0.6) is 23.0 Å². The molecular formula is C29H53AlO4Si4. The highest BCUT2D eigenvalue weighted by atomic mass is 28.3. The Hall–Kier alpha value is -0.960. The second-order valence-electron chi connectivity index (χ2n) is 14.6. The molecular weight excluding hydrogens is 552 g/mol. The molecule has 9 heteroatoms. The normalized spacial score (nSPS) is 12.8. The third kappa shape index (κ3) is 8.28. The van der Waals surface area contributed by atoms with Gasteiger partial charge in [0.15, 0.2) is 0 Å². The monoisotopic (exact) mass is 604 g/mol. The zero-order chi connectivity index (χ0) is 29.3. The summed E-state index contributed by atoms with van der Waals surface area (Å²) in [5.74, 6) is 4.09. The third-order valence-electron chi connectivity index (χ3n) is 6.85. The first-order valence-corrected chi connectivity index (χ1v) is 29.8. The first-order valence-electron chi connectivity index (χ1n) is 14.0. The Morgan fingerprint density at radius 2 is 0.789 bits per heavy atom. The van der Waals surface area contributed by atoms with Crippen LogP contribution in [-0.2, 0) is 0 Å². The molecule has 0 fully saturated rings. The van der Waals surface area contributed by atoms with Crippen LogP contribution in [0.15, 0.2) is 24.3 Å². The van der Waals surface area contributed by atoms with Crippen molar-refractivity contribution in [3.8, 4) is 23.0 Å². The molecule has 2 aromatic carbocycles. The quantitative estimate of drug-likeness (QED) is 0.269. The van der Waals surface area contributed by atoms with Gasteiger partial charge in [-0.05, 0) is 50.3 Å². The largest absolute Gasteiger partial charge is 0.856 e. The van der Waals surface area contributed by atoms with E-state index in [1.54, 1.807) is 14.2 Å². The van der Waals surface area contributed by atoms with E-state index in [1.165, 1.54) is 20.7 Å². The maximum absolute atomic E-state index is 7.20. The van der Waals surface area contributed by atoms with Gasteiger partial charge in [0, 0.05) is 0 Å². The van der Waals surface area contributed by atoms with Gasteiger partial charge in [0.25, 0.3) is 0 Å². The Balaban J connectivity index is 2.79. The van der Waals surface area contributed by atoms with Gasteiger partial charge in [-0.3, -0.25) is 0 Å². The van der Waals surface area contributed by atoms with Gasteiger partial charge < -0.3 is 17.1 Å². The van der Waals surface area contributed by atoms with E-state index in [2.05, 4.69) is 110 Å². The summed E-state index contributed by atoms with van der Waals surface area (Å²) < 4.78 is 26.0. The van der Waals surface area contributed by atoms with Crippen molar-refractivity contribution in [2.24, 2.45) is 0 Å². The van der Waals surface area contributed by atoms with Crippen LogP contribution in [0.25, 0.3) is 0 Å². The van der Waals surface area contributed by atoms with Crippen LogP contribution in [0.3, 0.4) is 0 Å². The summed E-state index contributed by atoms with van der Waals surface area (Å²) in [6.07, 6.45) is 1.04. The van der Waals surface area contributed by atoms with Crippen LogP contribution in [0.4, 0.5) is 0 Å². The van der Waals surface area contributed by atoms with Gasteiger partial charge in [0.2, 0.25) is 0 Å². The number of hydrogen-bond donors (Lipinski definition) is 0. The number of hydrogen-bond acceptors (Lipinski definition) is 4. The molecule has 0 bridgehead atoms. The summed E-state index contributed by atoms with van der Waals surface area (Å²) in [5.41, 5.74) is 0. The molecule has 38 heavy (non-hydrogen) atoms. The van der Waals surface area contributed by atoms with Gasteiger partial charge in [0.05, 0.1) is 58.0 Å². The molecule has 212 valence electrons. The Morgan fingerprint density at radius 3 is 0.974 bits per heavy atom. The van der Waals surface area contributed by atoms with E-state index in [9.17, 15) is 0 Å². The molecule has 2 rings (SSSR count). The number of methoxy groups -OCH3 is 2. The molecule has 0 saturated heterocycles. The molecule has 0 saturated carbocycles. The topological polar surface area (TPSA) is 36.9 Å². The predicted octanol–water partition coefficient (Wildman–Crippen LogP) is 6.24. The molecule has 0 amide bonds. The highest BCUT2D eigenvalue weighted by Gasteiger charge is 2.40. The fourth-order valence-electron chi connectivity index (χ4n) is 4.56. The van der Waals surface area contributed by atoms with Crippen molar-refractivity contribution in [1.82, 2.24) is 0 Å². The Labute approximate surface area is 242 Å². The molecule has 0 radical (unpaired) electrons. The van der Waals surface area contributed by atoms with E-state index in [0.29, 0.717) is 0 Å². The Morgan fingerprint density at radius 1 is 0.526 bits per heavy atom. The maximum atomic E-state index is 7.20. The fraction of sp³-hybridized carbons (Fsp3) is 0.586. The highest BCUT2D eigenvalue weighted by molar-refractivity contribution is 6.94. The zero-order valence-corrected chi connectivity index (χ0v) is 32.1. The van der Waals surface area contributed by atoms with E-state index in [-0.39, 0.29) is 0 Å². The molecule has 0 aliphatic carbocycles. The second kappa shape index (κ2) is 12.3. The molecule has 0 atom stereocenters. The third-order valence-corrected chi connectivity index (χ3v) is 16.8. The van der Waals surface area contributed by atoms with Gasteiger partial charge in [0.1, 0.15) is 11.5 Å². The summed E-state index contributed by atoms with van der Waals surface area (Å²) in [6, 6.07) is 8.93. The fourth-order valence-corrected chi connectivity index (χ4v) is 12.9. The van der Waals surface area contributed by atoms with Crippen LogP contribution >= 0.6 is 0 Å². The standard InChI is InChI=1S/2C13H24O2Si2.C3H7.Al/c2*1-15-10-8-11(16(2,3)4)13(14)12(9-10)17(5,6)7;1-3-2;/h2*8-9,14H,1-7H3;1,3H2,2H3;/q;;;+2/p-2. The van der Waals surface area contributed by atoms with Crippen molar-refractivity contribution < 1.29 is 17.1 Å². The number of ether oxygens (including phenoxy) is 2. The molecule has 4 nitrogen and oxygen atoms in total. The lowest BCUT2D eigenvalue weighted by Crippen LogP contribution is -2.51. The van der Waals surface area contributed by atoms with Gasteiger partial charge in [-0.1, -0.05) is 91.9 Å². The van der Waals surface area contributed by atoms with E-state index in [1.807, 2.05) is 0 Å². The Kier molecular flexibility index (Phi) is 10.7. The van der Waals surface area contributed by atoms with E-state index < -0.39 is 47.1 Å². The van der Waals surface area contributed by atoms with Crippen molar-refractivity contribution >= 4 is 67.9 Å². The van der Waals surface area contributed by atoms with E-state index in [4.69, 9.17) is 17.1 Å². The van der Waals surface area contributed by atoms with Crippen molar-refractivity contribution in [2.75, 3.05) is 14.2 Å². The number of rotatable bonds is 12. The first kappa shape index (κ1) is 33.2. The van der Waals surface area contributed by atoms with E-state index in [0.717, 1.165) is 34.7 Å². The predicted molar refractivity (Wildman–Crippen MR) is 180 cm³/mol. The van der Waals surface area contributed by atoms with Crippen LogP contribution < -0.4 is 37.8 Å². The zero-order valence-electron chi connectivity index (χ0n) is 26.9. The second-order valence-corrected chi connectivity index (χ2v) is 36.6. The van der Waals surface area contributed by atoms with Gasteiger partial charge in [-0.15, -0.1) is 0 Å². The summed E-state index contributed by atoms with van der Waals surface area (Å²) in [4.78, 5) is 0. The van der Waals surface area contributed by atoms with Crippen molar-refractivity contribution in [3.63, 3.8) is 0 Å².